The van der Waals surface area contributed by atoms with Crippen molar-refractivity contribution in [2.75, 3.05) is 20.6 Å². The highest BCUT2D eigenvalue weighted by molar-refractivity contribution is 5.85. The summed E-state index contributed by atoms with van der Waals surface area (Å²) in [7, 11) is 3.96. The van der Waals surface area contributed by atoms with Crippen molar-refractivity contribution in [2.24, 2.45) is 5.73 Å². The van der Waals surface area contributed by atoms with E-state index in [-0.39, 0.29) is 11.9 Å². The minimum atomic E-state index is -0.862. The Bertz CT molecular complexity index is 382. The Morgan fingerprint density at radius 2 is 1.89 bits per heavy atom. The minimum absolute atomic E-state index is 0.0449. The predicted octanol–water partition coefficient (Wildman–Crippen LogP) is 1.14. The highest BCUT2D eigenvalue weighted by Crippen LogP contribution is 2.14. The number of hydrogen-bond donors (Lipinski definition) is 2. The summed E-state index contributed by atoms with van der Waals surface area (Å²) < 4.78 is 0. The van der Waals surface area contributed by atoms with Gasteiger partial charge in [-0.3, -0.25) is 4.79 Å². The molecule has 4 nitrogen and oxygen atoms in total. The molecule has 0 aromatic heterocycles. The van der Waals surface area contributed by atoms with Gasteiger partial charge in [0.05, 0.1) is 11.6 Å². The number of amides is 1. The summed E-state index contributed by atoms with van der Waals surface area (Å²) in [6, 6.07) is 9.88. The smallest absolute Gasteiger partial charge is 0.240 e. The molecule has 1 amide bonds. The maximum absolute atomic E-state index is 12.0. The third kappa shape index (κ3) is 4.47. The summed E-state index contributed by atoms with van der Waals surface area (Å²) >= 11 is 0. The fraction of sp³-hybridized carbons (Fsp3) is 0.500. The van der Waals surface area contributed by atoms with Crippen LogP contribution in [0.3, 0.4) is 0 Å². The van der Waals surface area contributed by atoms with Gasteiger partial charge in [0, 0.05) is 6.54 Å². The number of carbonyl (C=O) groups excluding carboxylic acids is 1. The molecule has 1 aromatic rings. The zero-order chi connectivity index (χ0) is 13.8. The number of nitrogens with two attached hydrogens (primary N) is 1. The van der Waals surface area contributed by atoms with Crippen LogP contribution in [0.25, 0.3) is 0 Å². The average Bonchev–Trinajstić information content (AvgIpc) is 2.27. The van der Waals surface area contributed by atoms with Gasteiger partial charge in [-0.25, -0.2) is 0 Å². The van der Waals surface area contributed by atoms with Crippen molar-refractivity contribution in [1.29, 1.82) is 0 Å². The van der Waals surface area contributed by atoms with E-state index in [0.29, 0.717) is 0 Å². The second-order valence-electron chi connectivity index (χ2n) is 5.42. The topological polar surface area (TPSA) is 58.4 Å². The molecule has 0 aliphatic carbocycles. The fourth-order valence-corrected chi connectivity index (χ4v) is 1.63. The van der Waals surface area contributed by atoms with Crippen LogP contribution in [0.5, 0.6) is 0 Å². The maximum Gasteiger partial charge on any atom is 0.240 e. The van der Waals surface area contributed by atoms with Crippen LogP contribution in [-0.2, 0) is 4.79 Å². The first kappa shape index (κ1) is 14.7. The molecule has 0 bridgehead atoms. The molecule has 0 aliphatic heterocycles. The Kier molecular flexibility index (Phi) is 4.87. The molecule has 0 aliphatic rings. The normalized spacial score (nSPS) is 13.4. The van der Waals surface area contributed by atoms with Crippen LogP contribution >= 0.6 is 0 Å². The molecule has 0 heterocycles. The van der Waals surface area contributed by atoms with Crippen molar-refractivity contribution in [1.82, 2.24) is 10.2 Å². The van der Waals surface area contributed by atoms with E-state index < -0.39 is 5.54 Å². The van der Waals surface area contributed by atoms with E-state index in [4.69, 9.17) is 5.73 Å². The van der Waals surface area contributed by atoms with Gasteiger partial charge in [-0.15, -0.1) is 0 Å². The van der Waals surface area contributed by atoms with Gasteiger partial charge >= 0.3 is 0 Å². The Morgan fingerprint density at radius 1 is 1.33 bits per heavy atom. The van der Waals surface area contributed by atoms with Crippen molar-refractivity contribution < 1.29 is 4.79 Å². The number of likely N-dealkylation sites (N-methyl/N-ethyl adjacent to an activating group) is 1. The summed E-state index contributed by atoms with van der Waals surface area (Å²) in [6.45, 7) is 4.16. The zero-order valence-electron chi connectivity index (χ0n) is 11.6. The standard InChI is InChI=1S/C14H23N3O/c1-14(2,15)13(18)16-12(10-17(3)4)11-8-6-5-7-9-11/h5-9,12H,10,15H2,1-4H3,(H,16,18). The highest BCUT2D eigenvalue weighted by atomic mass is 16.2. The number of benzene rings is 1. The summed E-state index contributed by atoms with van der Waals surface area (Å²) in [6.07, 6.45) is 0. The summed E-state index contributed by atoms with van der Waals surface area (Å²) in [5.74, 6) is -0.141. The average molecular weight is 249 g/mol. The first-order valence-corrected chi connectivity index (χ1v) is 6.10. The van der Waals surface area contributed by atoms with Crippen molar-refractivity contribution in [3.63, 3.8) is 0 Å². The quantitative estimate of drug-likeness (QED) is 0.823. The first-order chi connectivity index (χ1) is 8.30. The van der Waals surface area contributed by atoms with Crippen LogP contribution in [0.15, 0.2) is 30.3 Å². The Labute approximate surface area is 109 Å². The molecule has 1 atom stereocenters. The lowest BCUT2D eigenvalue weighted by Gasteiger charge is -2.26. The summed E-state index contributed by atoms with van der Waals surface area (Å²) in [5, 5.41) is 3.00. The van der Waals surface area contributed by atoms with Gasteiger partial charge < -0.3 is 16.0 Å². The predicted molar refractivity (Wildman–Crippen MR) is 74.1 cm³/mol. The van der Waals surface area contributed by atoms with Crippen LogP contribution in [0.4, 0.5) is 0 Å². The van der Waals surface area contributed by atoms with E-state index in [9.17, 15) is 4.79 Å². The largest absolute Gasteiger partial charge is 0.346 e. The van der Waals surface area contributed by atoms with Gasteiger partial charge in [-0.05, 0) is 33.5 Å². The molecule has 1 aromatic carbocycles. The SMILES string of the molecule is CN(C)CC(NC(=O)C(C)(C)N)c1ccccc1. The summed E-state index contributed by atoms with van der Waals surface area (Å²) in [4.78, 5) is 14.0. The molecule has 1 rings (SSSR count). The van der Waals surface area contributed by atoms with Gasteiger partial charge in [0.1, 0.15) is 0 Å². The Balaban J connectivity index is 2.84. The van der Waals surface area contributed by atoms with Crippen LogP contribution < -0.4 is 11.1 Å². The van der Waals surface area contributed by atoms with E-state index in [1.807, 2.05) is 49.3 Å². The minimum Gasteiger partial charge on any atom is -0.346 e. The first-order valence-electron chi connectivity index (χ1n) is 6.10. The van der Waals surface area contributed by atoms with Gasteiger partial charge in [0.15, 0.2) is 0 Å². The molecule has 1 unspecified atom stereocenters. The maximum atomic E-state index is 12.0. The molecule has 0 fully saturated rings. The number of rotatable bonds is 5. The molecule has 100 valence electrons. The molecular weight excluding hydrogens is 226 g/mol. The Morgan fingerprint density at radius 3 is 2.33 bits per heavy atom. The third-order valence-electron chi connectivity index (χ3n) is 2.64. The van der Waals surface area contributed by atoms with Crippen molar-refractivity contribution in [2.45, 2.75) is 25.4 Å². The molecule has 4 heteroatoms. The van der Waals surface area contributed by atoms with E-state index in [0.717, 1.165) is 12.1 Å². The Hall–Kier alpha value is -1.39. The molecule has 0 saturated heterocycles. The highest BCUT2D eigenvalue weighted by Gasteiger charge is 2.25. The second kappa shape index (κ2) is 5.98. The van der Waals surface area contributed by atoms with E-state index >= 15 is 0 Å². The van der Waals surface area contributed by atoms with E-state index in [1.165, 1.54) is 0 Å². The number of nitrogens with zero attached hydrogens (tertiary/aromatic N) is 1. The third-order valence-corrected chi connectivity index (χ3v) is 2.64. The van der Waals surface area contributed by atoms with Crippen LogP contribution in [0.2, 0.25) is 0 Å². The molecule has 3 N–H and O–H groups in total. The lowest BCUT2D eigenvalue weighted by atomic mass is 10.0. The van der Waals surface area contributed by atoms with Gasteiger partial charge in [-0.2, -0.15) is 0 Å². The van der Waals surface area contributed by atoms with Gasteiger partial charge in [0.25, 0.3) is 0 Å². The lowest BCUT2D eigenvalue weighted by Crippen LogP contribution is -2.51. The molecule has 0 radical (unpaired) electrons. The lowest BCUT2D eigenvalue weighted by molar-refractivity contribution is -0.126. The van der Waals surface area contributed by atoms with Crippen LogP contribution in [0.1, 0.15) is 25.5 Å². The second-order valence-corrected chi connectivity index (χ2v) is 5.42. The molecule has 0 spiro atoms. The van der Waals surface area contributed by atoms with E-state index in [2.05, 4.69) is 5.32 Å². The molecular formula is C14H23N3O. The van der Waals surface area contributed by atoms with E-state index in [1.54, 1.807) is 13.8 Å². The number of hydrogen-bond acceptors (Lipinski definition) is 3. The van der Waals surface area contributed by atoms with Crippen molar-refractivity contribution in [3.8, 4) is 0 Å². The molecule has 18 heavy (non-hydrogen) atoms. The van der Waals surface area contributed by atoms with Gasteiger partial charge in [-0.1, -0.05) is 30.3 Å². The monoisotopic (exact) mass is 249 g/mol. The number of carbonyl (C=O) groups is 1. The summed E-state index contributed by atoms with van der Waals surface area (Å²) in [5.41, 5.74) is 6.04. The van der Waals surface area contributed by atoms with Crippen LogP contribution in [-0.4, -0.2) is 37.0 Å². The van der Waals surface area contributed by atoms with Gasteiger partial charge in [0.2, 0.25) is 5.91 Å². The van der Waals surface area contributed by atoms with Crippen molar-refractivity contribution >= 4 is 5.91 Å². The fourth-order valence-electron chi connectivity index (χ4n) is 1.63. The zero-order valence-corrected chi connectivity index (χ0v) is 11.6. The number of nitrogens with one attached hydrogen (secondary N) is 1. The van der Waals surface area contributed by atoms with Crippen molar-refractivity contribution in [3.05, 3.63) is 35.9 Å². The van der Waals surface area contributed by atoms with Crippen LogP contribution in [0, 0.1) is 0 Å². The molecule has 0 saturated carbocycles.